The van der Waals surface area contributed by atoms with Gasteiger partial charge in [-0.2, -0.15) is 0 Å². The Bertz CT molecular complexity index is 118. The lowest BCUT2D eigenvalue weighted by Gasteiger charge is -2.11. The Balaban J connectivity index is -0.000000500. The molecule has 0 aromatic rings. The lowest BCUT2D eigenvalue weighted by molar-refractivity contribution is 0.541. The molecule has 0 spiro atoms. The molecule has 0 aliphatic rings. The van der Waals surface area contributed by atoms with E-state index < -0.39 is 0 Å². The first-order valence-electron chi connectivity index (χ1n) is 3.97. The summed E-state index contributed by atoms with van der Waals surface area (Å²) in [4.78, 5) is 0. The summed E-state index contributed by atoms with van der Waals surface area (Å²) >= 11 is 0. The van der Waals surface area contributed by atoms with Gasteiger partial charge in [-0.3, -0.25) is 0 Å². The average Bonchev–Trinajstić information content (AvgIpc) is 2.01. The molecule has 0 fully saturated rings. The first kappa shape index (κ1) is 18.7. The molecule has 0 saturated heterocycles. The van der Waals surface area contributed by atoms with Crippen LogP contribution in [0.1, 0.15) is 6.92 Å². The second-order valence-electron chi connectivity index (χ2n) is 2.54. The largest absolute Gasteiger partial charge is 0.312 e. The van der Waals surface area contributed by atoms with Gasteiger partial charge in [-0.15, -0.1) is 38.0 Å². The second-order valence-corrected chi connectivity index (χ2v) is 2.54. The molecule has 0 aromatic carbocycles. The van der Waals surface area contributed by atoms with Gasteiger partial charge in [-0.05, 0) is 6.92 Å². The van der Waals surface area contributed by atoms with Crippen molar-refractivity contribution in [1.29, 1.82) is 0 Å². The van der Waals surface area contributed by atoms with Gasteiger partial charge in [0.25, 0.3) is 0 Å². The number of rotatable bonds is 7. The Hall–Kier alpha value is -0.0200. The van der Waals surface area contributed by atoms with Crippen LogP contribution in [0, 0.1) is 0 Å². The molecule has 0 rings (SSSR count). The Labute approximate surface area is 93.7 Å². The van der Waals surface area contributed by atoms with Crippen molar-refractivity contribution < 1.29 is 0 Å². The molecule has 1 atom stereocenters. The van der Waals surface area contributed by atoms with Crippen molar-refractivity contribution in [3.05, 3.63) is 25.3 Å². The van der Waals surface area contributed by atoms with E-state index in [9.17, 15) is 0 Å². The van der Waals surface area contributed by atoms with Crippen LogP contribution in [0.5, 0.6) is 0 Å². The van der Waals surface area contributed by atoms with Crippen LogP contribution < -0.4 is 10.6 Å². The average molecular weight is 227 g/mol. The predicted molar refractivity (Wildman–Crippen MR) is 65.2 cm³/mol. The van der Waals surface area contributed by atoms with Crippen molar-refractivity contribution in [3.8, 4) is 0 Å². The smallest absolute Gasteiger partial charge is 0.0167 e. The molecular weight excluding hydrogens is 207 g/mol. The van der Waals surface area contributed by atoms with Crippen LogP contribution in [-0.2, 0) is 0 Å². The molecule has 0 saturated carbocycles. The summed E-state index contributed by atoms with van der Waals surface area (Å²) in [6.45, 7) is 12.1. The van der Waals surface area contributed by atoms with Crippen LogP contribution >= 0.6 is 24.8 Å². The fourth-order valence-electron chi connectivity index (χ4n) is 0.759. The lowest BCUT2D eigenvalue weighted by Crippen LogP contribution is -2.36. The standard InChI is InChI=1S/C9H18N2.2ClH/c1-4-6-10-8-9(3)11-7-5-2;;/h4-5,9-11H,1-2,6-8H2,3H3;2*1H. The molecule has 13 heavy (non-hydrogen) atoms. The van der Waals surface area contributed by atoms with Gasteiger partial charge in [-0.1, -0.05) is 12.2 Å². The fourth-order valence-corrected chi connectivity index (χ4v) is 0.759. The predicted octanol–water partition coefficient (Wildman–Crippen LogP) is 1.77. The van der Waals surface area contributed by atoms with E-state index in [1.165, 1.54) is 0 Å². The van der Waals surface area contributed by atoms with E-state index >= 15 is 0 Å². The normalized spacial score (nSPS) is 10.5. The molecule has 0 bridgehead atoms. The first-order valence-corrected chi connectivity index (χ1v) is 3.97. The van der Waals surface area contributed by atoms with Crippen LogP contribution in [-0.4, -0.2) is 25.7 Å². The summed E-state index contributed by atoms with van der Waals surface area (Å²) in [6.07, 6.45) is 3.73. The third-order valence-corrected chi connectivity index (χ3v) is 1.35. The molecule has 1 unspecified atom stereocenters. The van der Waals surface area contributed by atoms with E-state index in [1.807, 2.05) is 12.2 Å². The maximum atomic E-state index is 3.63. The zero-order valence-electron chi connectivity index (χ0n) is 8.08. The van der Waals surface area contributed by atoms with E-state index in [-0.39, 0.29) is 24.8 Å². The van der Waals surface area contributed by atoms with Crippen molar-refractivity contribution in [2.45, 2.75) is 13.0 Å². The van der Waals surface area contributed by atoms with Crippen molar-refractivity contribution in [1.82, 2.24) is 10.6 Å². The van der Waals surface area contributed by atoms with E-state index in [1.54, 1.807) is 0 Å². The molecule has 0 heterocycles. The van der Waals surface area contributed by atoms with Crippen molar-refractivity contribution >= 4 is 24.8 Å². The molecule has 0 aliphatic heterocycles. The van der Waals surface area contributed by atoms with Gasteiger partial charge in [0, 0.05) is 25.7 Å². The molecule has 4 heteroatoms. The molecular formula is C9H20Cl2N2. The SMILES string of the molecule is C=CCNCC(C)NCC=C.Cl.Cl. The zero-order valence-corrected chi connectivity index (χ0v) is 9.72. The van der Waals surface area contributed by atoms with Gasteiger partial charge in [-0.25, -0.2) is 0 Å². The summed E-state index contributed by atoms with van der Waals surface area (Å²) < 4.78 is 0. The van der Waals surface area contributed by atoms with Gasteiger partial charge in [0.15, 0.2) is 0 Å². The topological polar surface area (TPSA) is 24.1 Å². The molecule has 0 amide bonds. The van der Waals surface area contributed by atoms with Crippen molar-refractivity contribution in [2.75, 3.05) is 19.6 Å². The molecule has 80 valence electrons. The van der Waals surface area contributed by atoms with Gasteiger partial charge in [0.1, 0.15) is 0 Å². The van der Waals surface area contributed by atoms with Gasteiger partial charge in [0.2, 0.25) is 0 Å². The molecule has 0 aliphatic carbocycles. The summed E-state index contributed by atoms with van der Waals surface area (Å²) in [6, 6.07) is 0.493. The van der Waals surface area contributed by atoms with E-state index in [2.05, 4.69) is 30.7 Å². The third kappa shape index (κ3) is 14.8. The number of halogens is 2. The van der Waals surface area contributed by atoms with Gasteiger partial charge < -0.3 is 10.6 Å². The Morgan fingerprint density at radius 3 is 2.15 bits per heavy atom. The zero-order chi connectivity index (χ0) is 8.53. The highest BCUT2D eigenvalue weighted by Crippen LogP contribution is 1.77. The van der Waals surface area contributed by atoms with E-state index in [4.69, 9.17) is 0 Å². The summed E-state index contributed by atoms with van der Waals surface area (Å²) in [5, 5.41) is 6.51. The van der Waals surface area contributed by atoms with Crippen LogP contribution in [0.25, 0.3) is 0 Å². The van der Waals surface area contributed by atoms with Gasteiger partial charge >= 0.3 is 0 Å². The summed E-state index contributed by atoms with van der Waals surface area (Å²) in [7, 11) is 0. The minimum atomic E-state index is 0. The second kappa shape index (κ2) is 14.5. The van der Waals surface area contributed by atoms with E-state index in [0.717, 1.165) is 19.6 Å². The van der Waals surface area contributed by atoms with Crippen LogP contribution in [0.3, 0.4) is 0 Å². The maximum Gasteiger partial charge on any atom is 0.0167 e. The summed E-state index contributed by atoms with van der Waals surface area (Å²) in [5.74, 6) is 0. The minimum Gasteiger partial charge on any atom is -0.312 e. The molecule has 0 radical (unpaired) electrons. The van der Waals surface area contributed by atoms with Crippen molar-refractivity contribution in [2.24, 2.45) is 0 Å². The highest BCUT2D eigenvalue weighted by Gasteiger charge is 1.95. The van der Waals surface area contributed by atoms with Crippen LogP contribution in [0.4, 0.5) is 0 Å². The number of hydrogen-bond acceptors (Lipinski definition) is 2. The highest BCUT2D eigenvalue weighted by atomic mass is 35.5. The molecule has 0 aromatic heterocycles. The third-order valence-electron chi connectivity index (χ3n) is 1.35. The molecule has 2 N–H and O–H groups in total. The Morgan fingerprint density at radius 1 is 1.15 bits per heavy atom. The van der Waals surface area contributed by atoms with E-state index in [0.29, 0.717) is 6.04 Å². The Kier molecular flexibility index (Phi) is 20.9. The maximum absolute atomic E-state index is 3.63. The monoisotopic (exact) mass is 226 g/mol. The first-order chi connectivity index (χ1) is 5.31. The highest BCUT2D eigenvalue weighted by molar-refractivity contribution is 5.85. The van der Waals surface area contributed by atoms with Crippen LogP contribution in [0.15, 0.2) is 25.3 Å². The summed E-state index contributed by atoms with van der Waals surface area (Å²) in [5.41, 5.74) is 0. The van der Waals surface area contributed by atoms with Crippen LogP contribution in [0.2, 0.25) is 0 Å². The lowest BCUT2D eigenvalue weighted by atomic mass is 10.3. The molecule has 2 nitrogen and oxygen atoms in total. The quantitative estimate of drug-likeness (QED) is 0.511. The van der Waals surface area contributed by atoms with Crippen molar-refractivity contribution in [3.63, 3.8) is 0 Å². The number of nitrogens with one attached hydrogen (secondary N) is 2. The minimum absolute atomic E-state index is 0. The Morgan fingerprint density at radius 2 is 1.69 bits per heavy atom. The fraction of sp³-hybridized carbons (Fsp3) is 0.556. The number of hydrogen-bond donors (Lipinski definition) is 2. The van der Waals surface area contributed by atoms with Gasteiger partial charge in [0.05, 0.1) is 0 Å².